The Morgan fingerprint density at radius 2 is 1.50 bits per heavy atom. The van der Waals surface area contributed by atoms with Crippen molar-refractivity contribution < 1.29 is 4.39 Å². The highest BCUT2D eigenvalue weighted by Crippen LogP contribution is 2.38. The molecule has 2 heterocycles. The first kappa shape index (κ1) is 16.9. The molecule has 0 spiro atoms. The van der Waals surface area contributed by atoms with Crippen LogP contribution in [0.15, 0.2) is 41.8 Å². The molecular formula is C22H19FN2S. The monoisotopic (exact) mass is 362 g/mol. The minimum absolute atomic E-state index is 0.202. The summed E-state index contributed by atoms with van der Waals surface area (Å²) in [5.41, 5.74) is 8.04. The fourth-order valence-corrected chi connectivity index (χ4v) is 4.50. The van der Waals surface area contributed by atoms with Crippen molar-refractivity contribution in [2.45, 2.75) is 27.7 Å². The molecule has 0 amide bonds. The molecule has 4 aromatic rings. The second-order valence-corrected chi connectivity index (χ2v) is 7.71. The maximum Gasteiger partial charge on any atom is 0.126 e. The zero-order valence-electron chi connectivity index (χ0n) is 15.2. The number of hydrogen-bond acceptors (Lipinski definition) is 3. The molecule has 0 radical (unpaired) electrons. The Morgan fingerprint density at radius 1 is 0.808 bits per heavy atom. The lowest BCUT2D eigenvalue weighted by molar-refractivity contribution is 0.619. The summed E-state index contributed by atoms with van der Waals surface area (Å²) >= 11 is 1.65. The van der Waals surface area contributed by atoms with Crippen molar-refractivity contribution in [3.8, 4) is 22.5 Å². The number of fused-ring (bicyclic) bond motifs is 1. The Labute approximate surface area is 156 Å². The van der Waals surface area contributed by atoms with E-state index in [4.69, 9.17) is 0 Å². The molecule has 4 rings (SSSR count). The molecule has 0 aliphatic heterocycles. The Hall–Kier alpha value is -2.59. The Kier molecular flexibility index (Phi) is 4.08. The SMILES string of the molecule is Cc1cc(C)c(-c2nnc(-c3ccc(F)c(C)c3)c3sccc23)c(C)c1. The lowest BCUT2D eigenvalue weighted by Gasteiger charge is -2.13. The molecule has 130 valence electrons. The van der Waals surface area contributed by atoms with Crippen LogP contribution in [-0.2, 0) is 0 Å². The second kappa shape index (κ2) is 6.29. The fraction of sp³-hybridized carbons (Fsp3) is 0.182. The van der Waals surface area contributed by atoms with Gasteiger partial charge < -0.3 is 0 Å². The molecule has 2 aromatic heterocycles. The van der Waals surface area contributed by atoms with Gasteiger partial charge in [0, 0.05) is 16.5 Å². The van der Waals surface area contributed by atoms with E-state index in [1.807, 2.05) is 6.07 Å². The number of hydrogen-bond donors (Lipinski definition) is 0. The summed E-state index contributed by atoms with van der Waals surface area (Å²) in [7, 11) is 0. The smallest absolute Gasteiger partial charge is 0.126 e. The van der Waals surface area contributed by atoms with Gasteiger partial charge in [0.15, 0.2) is 0 Å². The number of halogens is 1. The van der Waals surface area contributed by atoms with Crippen LogP contribution in [0.1, 0.15) is 22.3 Å². The van der Waals surface area contributed by atoms with Gasteiger partial charge in [-0.1, -0.05) is 17.7 Å². The number of thiophene rings is 1. The van der Waals surface area contributed by atoms with E-state index in [1.165, 1.54) is 22.8 Å². The van der Waals surface area contributed by atoms with Crippen molar-refractivity contribution in [2.24, 2.45) is 0 Å². The fourth-order valence-electron chi connectivity index (χ4n) is 3.60. The summed E-state index contributed by atoms with van der Waals surface area (Å²) in [6.45, 7) is 8.11. The van der Waals surface area contributed by atoms with Crippen LogP contribution in [0.25, 0.3) is 32.6 Å². The molecule has 4 heteroatoms. The highest BCUT2D eigenvalue weighted by Gasteiger charge is 2.17. The standard InChI is InChI=1S/C22H19FN2S/c1-12-9-14(3)19(15(4)10-12)21-17-7-8-26-22(17)20(24-25-21)16-5-6-18(23)13(2)11-16/h5-11H,1-4H3. The third-order valence-corrected chi connectivity index (χ3v) is 5.65. The predicted molar refractivity (Wildman–Crippen MR) is 107 cm³/mol. The van der Waals surface area contributed by atoms with E-state index < -0.39 is 0 Å². The van der Waals surface area contributed by atoms with Gasteiger partial charge in [0.25, 0.3) is 0 Å². The minimum atomic E-state index is -0.202. The Balaban J connectivity index is 1.97. The van der Waals surface area contributed by atoms with E-state index in [0.717, 1.165) is 32.6 Å². The van der Waals surface area contributed by atoms with Crippen molar-refractivity contribution in [2.75, 3.05) is 0 Å². The van der Waals surface area contributed by atoms with Gasteiger partial charge in [-0.3, -0.25) is 0 Å². The van der Waals surface area contributed by atoms with Crippen LogP contribution in [0, 0.1) is 33.5 Å². The molecule has 0 bridgehead atoms. The maximum absolute atomic E-state index is 13.6. The Morgan fingerprint density at radius 3 is 2.19 bits per heavy atom. The second-order valence-electron chi connectivity index (χ2n) is 6.80. The van der Waals surface area contributed by atoms with Crippen molar-refractivity contribution in [3.63, 3.8) is 0 Å². The molecule has 0 aliphatic rings. The van der Waals surface area contributed by atoms with Crippen LogP contribution in [0.3, 0.4) is 0 Å². The molecular weight excluding hydrogens is 343 g/mol. The predicted octanol–water partition coefficient (Wildman–Crippen LogP) is 6.40. The van der Waals surface area contributed by atoms with Gasteiger partial charge in [-0.2, -0.15) is 0 Å². The van der Waals surface area contributed by atoms with Gasteiger partial charge in [0.1, 0.15) is 17.2 Å². The topological polar surface area (TPSA) is 25.8 Å². The van der Waals surface area contributed by atoms with Crippen LogP contribution in [0.2, 0.25) is 0 Å². The molecule has 0 N–H and O–H groups in total. The molecule has 0 unspecified atom stereocenters. The van der Waals surface area contributed by atoms with Crippen molar-refractivity contribution in [1.82, 2.24) is 10.2 Å². The number of aryl methyl sites for hydroxylation is 4. The largest absolute Gasteiger partial charge is 0.207 e. The van der Waals surface area contributed by atoms with E-state index in [0.29, 0.717) is 5.56 Å². The molecule has 0 saturated heterocycles. The molecule has 0 aliphatic carbocycles. The minimum Gasteiger partial charge on any atom is -0.207 e. The molecule has 0 fully saturated rings. The molecule has 0 atom stereocenters. The van der Waals surface area contributed by atoms with Crippen molar-refractivity contribution in [1.29, 1.82) is 0 Å². The highest BCUT2D eigenvalue weighted by atomic mass is 32.1. The van der Waals surface area contributed by atoms with Gasteiger partial charge in [0.05, 0.1) is 4.70 Å². The molecule has 2 aromatic carbocycles. The zero-order valence-corrected chi connectivity index (χ0v) is 16.0. The average Bonchev–Trinajstić information content (AvgIpc) is 3.06. The van der Waals surface area contributed by atoms with Crippen LogP contribution in [0.5, 0.6) is 0 Å². The van der Waals surface area contributed by atoms with E-state index in [-0.39, 0.29) is 5.82 Å². The van der Waals surface area contributed by atoms with Gasteiger partial charge in [-0.25, -0.2) is 4.39 Å². The quantitative estimate of drug-likeness (QED) is 0.412. The number of benzene rings is 2. The van der Waals surface area contributed by atoms with Crippen molar-refractivity contribution in [3.05, 3.63) is 69.8 Å². The van der Waals surface area contributed by atoms with E-state index in [2.05, 4.69) is 54.5 Å². The Bertz CT molecular complexity index is 1120. The molecule has 26 heavy (non-hydrogen) atoms. The molecule has 2 nitrogen and oxygen atoms in total. The van der Waals surface area contributed by atoms with Gasteiger partial charge in [-0.05, 0) is 74.0 Å². The van der Waals surface area contributed by atoms with Gasteiger partial charge in [0.2, 0.25) is 0 Å². The first-order valence-corrected chi connectivity index (χ1v) is 9.42. The summed E-state index contributed by atoms with van der Waals surface area (Å²) in [5, 5.41) is 12.3. The third kappa shape index (κ3) is 2.71. The van der Waals surface area contributed by atoms with Crippen LogP contribution < -0.4 is 0 Å². The van der Waals surface area contributed by atoms with Gasteiger partial charge in [-0.15, -0.1) is 21.5 Å². The number of nitrogens with zero attached hydrogens (tertiary/aromatic N) is 2. The number of aromatic nitrogens is 2. The summed E-state index contributed by atoms with van der Waals surface area (Å²) in [4.78, 5) is 0. The third-order valence-electron chi connectivity index (χ3n) is 4.73. The average molecular weight is 362 g/mol. The summed E-state index contributed by atoms with van der Waals surface area (Å²) < 4.78 is 14.7. The normalized spacial score (nSPS) is 11.3. The first-order chi connectivity index (χ1) is 12.5. The van der Waals surface area contributed by atoms with E-state index >= 15 is 0 Å². The lowest BCUT2D eigenvalue weighted by atomic mass is 9.95. The highest BCUT2D eigenvalue weighted by molar-refractivity contribution is 7.17. The lowest BCUT2D eigenvalue weighted by Crippen LogP contribution is -1.97. The van der Waals surface area contributed by atoms with Gasteiger partial charge >= 0.3 is 0 Å². The van der Waals surface area contributed by atoms with Crippen LogP contribution >= 0.6 is 11.3 Å². The number of rotatable bonds is 2. The van der Waals surface area contributed by atoms with Crippen LogP contribution in [0.4, 0.5) is 4.39 Å². The summed E-state index contributed by atoms with van der Waals surface area (Å²) in [6, 6.07) is 11.6. The molecule has 0 saturated carbocycles. The van der Waals surface area contributed by atoms with Crippen LogP contribution in [-0.4, -0.2) is 10.2 Å². The summed E-state index contributed by atoms with van der Waals surface area (Å²) in [5.74, 6) is -0.202. The van der Waals surface area contributed by atoms with E-state index in [1.54, 1.807) is 24.3 Å². The summed E-state index contributed by atoms with van der Waals surface area (Å²) in [6.07, 6.45) is 0. The van der Waals surface area contributed by atoms with Crippen molar-refractivity contribution >= 4 is 21.4 Å². The first-order valence-electron chi connectivity index (χ1n) is 8.54. The zero-order chi connectivity index (χ0) is 18.4. The van der Waals surface area contributed by atoms with E-state index in [9.17, 15) is 4.39 Å². The maximum atomic E-state index is 13.6.